The topological polar surface area (TPSA) is 65.8 Å². The van der Waals surface area contributed by atoms with Gasteiger partial charge in [-0.3, -0.25) is 4.79 Å². The Morgan fingerprint density at radius 3 is 2.55 bits per heavy atom. The molecule has 0 spiro atoms. The number of nitrogens with zero attached hydrogens (tertiary/aromatic N) is 2. The van der Waals surface area contributed by atoms with Crippen molar-refractivity contribution in [1.29, 1.82) is 5.26 Å². The first-order valence-electron chi connectivity index (χ1n) is 9.10. The van der Waals surface area contributed by atoms with Crippen LogP contribution < -0.4 is 5.32 Å². The zero-order valence-corrected chi connectivity index (χ0v) is 17.9. The second-order valence-corrected chi connectivity index (χ2v) is 8.43. The Balaban J connectivity index is 1.81. The molecule has 3 aromatic rings. The average Bonchev–Trinajstić information content (AvgIpc) is 2.72. The van der Waals surface area contributed by atoms with Crippen LogP contribution in [0.1, 0.15) is 23.6 Å². The van der Waals surface area contributed by atoms with Crippen LogP contribution in [-0.2, 0) is 4.79 Å². The molecular weight excluding hydrogens is 402 g/mol. The largest absolute Gasteiger partial charge is 0.325 e. The van der Waals surface area contributed by atoms with E-state index in [9.17, 15) is 10.1 Å². The van der Waals surface area contributed by atoms with Gasteiger partial charge in [-0.1, -0.05) is 47.6 Å². The Labute approximate surface area is 179 Å². The van der Waals surface area contributed by atoms with Gasteiger partial charge in [-0.05, 0) is 62.2 Å². The summed E-state index contributed by atoms with van der Waals surface area (Å²) in [6.45, 7) is 5.80. The molecule has 1 unspecified atom stereocenters. The molecule has 1 heterocycles. The molecule has 1 aromatic heterocycles. The lowest BCUT2D eigenvalue weighted by atomic mass is 10.1. The fourth-order valence-corrected chi connectivity index (χ4v) is 3.76. The minimum absolute atomic E-state index is 0.133. The van der Waals surface area contributed by atoms with Crippen LogP contribution >= 0.6 is 23.4 Å². The Morgan fingerprint density at radius 2 is 1.86 bits per heavy atom. The number of thioether (sulfide) groups is 1. The summed E-state index contributed by atoms with van der Waals surface area (Å²) in [5.74, 6) is -0.133. The first-order chi connectivity index (χ1) is 13.9. The van der Waals surface area contributed by atoms with E-state index in [1.54, 1.807) is 24.3 Å². The predicted molar refractivity (Wildman–Crippen MR) is 119 cm³/mol. The summed E-state index contributed by atoms with van der Waals surface area (Å²) >= 11 is 7.23. The van der Waals surface area contributed by atoms with Gasteiger partial charge in [0.25, 0.3) is 0 Å². The summed E-state index contributed by atoms with van der Waals surface area (Å²) in [6, 6.07) is 18.8. The fraction of sp³-hybridized carbons (Fsp3) is 0.174. The number of benzene rings is 2. The van der Waals surface area contributed by atoms with Crippen molar-refractivity contribution in [2.45, 2.75) is 31.0 Å². The highest BCUT2D eigenvalue weighted by Crippen LogP contribution is 2.29. The second kappa shape index (κ2) is 9.13. The number of hydrogen-bond acceptors (Lipinski definition) is 4. The quantitative estimate of drug-likeness (QED) is 0.512. The predicted octanol–water partition coefficient (Wildman–Crippen LogP) is 6.01. The van der Waals surface area contributed by atoms with E-state index < -0.39 is 5.25 Å². The van der Waals surface area contributed by atoms with Gasteiger partial charge in [0.2, 0.25) is 5.91 Å². The molecule has 1 atom stereocenters. The van der Waals surface area contributed by atoms with E-state index in [1.165, 1.54) is 11.8 Å². The van der Waals surface area contributed by atoms with E-state index in [0.717, 1.165) is 28.1 Å². The standard InChI is InChI=1S/C23H20ClN3OS/c1-14-5-4-6-20(15(14)2)26-22(28)16(3)29-23-18(13-25)9-12-21(27-23)17-7-10-19(24)11-8-17/h4-12,16H,1-3H3,(H,26,28). The molecule has 0 saturated carbocycles. The third-order valence-corrected chi connectivity index (χ3v) is 5.99. The van der Waals surface area contributed by atoms with Gasteiger partial charge in [-0.25, -0.2) is 4.98 Å². The van der Waals surface area contributed by atoms with Crippen molar-refractivity contribution in [3.05, 3.63) is 76.3 Å². The molecule has 1 amide bonds. The lowest BCUT2D eigenvalue weighted by Gasteiger charge is -2.15. The van der Waals surface area contributed by atoms with Gasteiger partial charge < -0.3 is 5.32 Å². The molecule has 0 saturated heterocycles. The van der Waals surface area contributed by atoms with E-state index >= 15 is 0 Å². The summed E-state index contributed by atoms with van der Waals surface area (Å²) < 4.78 is 0. The van der Waals surface area contributed by atoms with Crippen molar-refractivity contribution >= 4 is 35.0 Å². The molecule has 0 aliphatic heterocycles. The number of pyridine rings is 1. The van der Waals surface area contributed by atoms with Crippen LogP contribution in [0.3, 0.4) is 0 Å². The molecule has 29 heavy (non-hydrogen) atoms. The number of nitrogens with one attached hydrogen (secondary N) is 1. The summed E-state index contributed by atoms with van der Waals surface area (Å²) in [4.78, 5) is 17.3. The zero-order valence-electron chi connectivity index (χ0n) is 16.4. The number of aryl methyl sites for hydroxylation is 1. The Morgan fingerprint density at radius 1 is 1.14 bits per heavy atom. The molecule has 6 heteroatoms. The van der Waals surface area contributed by atoms with Gasteiger partial charge in [0.15, 0.2) is 0 Å². The maximum absolute atomic E-state index is 12.7. The monoisotopic (exact) mass is 421 g/mol. The number of aromatic nitrogens is 1. The molecule has 146 valence electrons. The minimum atomic E-state index is -0.421. The molecule has 0 bridgehead atoms. The Hall–Kier alpha value is -2.81. The van der Waals surface area contributed by atoms with Gasteiger partial charge in [0.05, 0.1) is 16.5 Å². The normalized spacial score (nSPS) is 11.6. The summed E-state index contributed by atoms with van der Waals surface area (Å²) in [5.41, 5.74) is 5.02. The second-order valence-electron chi connectivity index (χ2n) is 6.66. The van der Waals surface area contributed by atoms with Crippen LogP contribution in [0.4, 0.5) is 5.69 Å². The number of amides is 1. The van der Waals surface area contributed by atoms with Crippen LogP contribution in [0.25, 0.3) is 11.3 Å². The third kappa shape index (κ3) is 4.97. The number of carbonyl (C=O) groups is 1. The van der Waals surface area contributed by atoms with Gasteiger partial charge in [-0.2, -0.15) is 5.26 Å². The van der Waals surface area contributed by atoms with Crippen LogP contribution in [-0.4, -0.2) is 16.1 Å². The smallest absolute Gasteiger partial charge is 0.237 e. The maximum atomic E-state index is 12.7. The molecule has 4 nitrogen and oxygen atoms in total. The number of halogens is 1. The molecule has 2 aromatic carbocycles. The number of hydrogen-bond donors (Lipinski definition) is 1. The average molecular weight is 422 g/mol. The van der Waals surface area contributed by atoms with Crippen molar-refractivity contribution in [2.24, 2.45) is 0 Å². The highest BCUT2D eigenvalue weighted by atomic mass is 35.5. The van der Waals surface area contributed by atoms with Crippen LogP contribution in [0.15, 0.2) is 59.6 Å². The van der Waals surface area contributed by atoms with Crippen molar-refractivity contribution in [1.82, 2.24) is 4.98 Å². The third-order valence-electron chi connectivity index (χ3n) is 4.64. The van der Waals surface area contributed by atoms with Crippen molar-refractivity contribution < 1.29 is 4.79 Å². The van der Waals surface area contributed by atoms with Crippen LogP contribution in [0, 0.1) is 25.2 Å². The Bertz CT molecular complexity index is 1090. The summed E-state index contributed by atoms with van der Waals surface area (Å²) in [5, 5.41) is 13.2. The Kier molecular flexibility index (Phi) is 6.58. The van der Waals surface area contributed by atoms with E-state index in [4.69, 9.17) is 11.6 Å². The van der Waals surface area contributed by atoms with Crippen molar-refractivity contribution in [3.8, 4) is 17.3 Å². The fourth-order valence-electron chi connectivity index (χ4n) is 2.74. The van der Waals surface area contributed by atoms with Gasteiger partial charge in [-0.15, -0.1) is 0 Å². The molecule has 0 aliphatic carbocycles. The lowest BCUT2D eigenvalue weighted by molar-refractivity contribution is -0.115. The summed E-state index contributed by atoms with van der Waals surface area (Å²) in [6.07, 6.45) is 0. The molecular formula is C23H20ClN3OS. The lowest BCUT2D eigenvalue weighted by Crippen LogP contribution is -2.23. The molecule has 1 N–H and O–H groups in total. The molecule has 3 rings (SSSR count). The number of carbonyl (C=O) groups excluding carboxylic acids is 1. The maximum Gasteiger partial charge on any atom is 0.237 e. The van der Waals surface area contributed by atoms with Crippen molar-refractivity contribution in [3.63, 3.8) is 0 Å². The SMILES string of the molecule is Cc1cccc(NC(=O)C(C)Sc2nc(-c3ccc(Cl)cc3)ccc2C#N)c1C. The molecule has 0 fully saturated rings. The highest BCUT2D eigenvalue weighted by molar-refractivity contribution is 8.00. The van der Waals surface area contributed by atoms with E-state index in [0.29, 0.717) is 15.6 Å². The van der Waals surface area contributed by atoms with Gasteiger partial charge >= 0.3 is 0 Å². The van der Waals surface area contributed by atoms with Crippen molar-refractivity contribution in [2.75, 3.05) is 5.32 Å². The number of nitriles is 1. The van der Waals surface area contributed by atoms with Crippen LogP contribution in [0.2, 0.25) is 5.02 Å². The van der Waals surface area contributed by atoms with E-state index in [2.05, 4.69) is 16.4 Å². The van der Waals surface area contributed by atoms with E-state index in [1.807, 2.05) is 51.1 Å². The van der Waals surface area contributed by atoms with E-state index in [-0.39, 0.29) is 5.91 Å². The number of rotatable bonds is 5. The van der Waals surface area contributed by atoms with Gasteiger partial charge in [0, 0.05) is 16.3 Å². The van der Waals surface area contributed by atoms with Crippen LogP contribution in [0.5, 0.6) is 0 Å². The molecule has 0 radical (unpaired) electrons. The highest BCUT2D eigenvalue weighted by Gasteiger charge is 2.19. The summed E-state index contributed by atoms with van der Waals surface area (Å²) in [7, 11) is 0. The molecule has 0 aliphatic rings. The minimum Gasteiger partial charge on any atom is -0.325 e. The number of anilines is 1. The van der Waals surface area contributed by atoms with Gasteiger partial charge in [0.1, 0.15) is 11.1 Å². The zero-order chi connectivity index (χ0) is 21.0. The first kappa shape index (κ1) is 20.9. The first-order valence-corrected chi connectivity index (χ1v) is 10.4.